The van der Waals surface area contributed by atoms with Crippen molar-refractivity contribution in [2.75, 3.05) is 22.9 Å². The Morgan fingerprint density at radius 3 is 2.38 bits per heavy atom. The molecule has 1 amide bonds. The molecular weight excluding hydrogens is 420 g/mol. The van der Waals surface area contributed by atoms with E-state index in [2.05, 4.69) is 4.90 Å². The number of thiophene rings is 1. The first-order valence-corrected chi connectivity index (χ1v) is 11.7. The number of benzene rings is 2. The van der Waals surface area contributed by atoms with Crippen molar-refractivity contribution < 1.29 is 14.7 Å². The van der Waals surface area contributed by atoms with Gasteiger partial charge in [0.15, 0.2) is 5.76 Å². The van der Waals surface area contributed by atoms with Crippen LogP contribution in [0.15, 0.2) is 77.4 Å². The average Bonchev–Trinajstić information content (AvgIpc) is 3.56. The summed E-state index contributed by atoms with van der Waals surface area (Å²) in [6.45, 7) is 4.05. The smallest absolute Gasteiger partial charge is 0.294 e. The standard InChI is InChI=1S/C26H24N2O3S/c1-17-6-4-7-18(16-17)23-22(24(29)21-8-5-15-32-21)25(30)26(31)28(23)20-11-9-19(10-12-20)27-13-2-3-14-27/h4-12,15-16,23,30H,2-3,13-14H2,1H3. The monoisotopic (exact) mass is 444 g/mol. The number of anilines is 2. The number of aliphatic hydroxyl groups is 1. The molecule has 162 valence electrons. The number of carbonyl (C=O) groups excluding carboxylic acids is 2. The quantitative estimate of drug-likeness (QED) is 0.533. The highest BCUT2D eigenvalue weighted by Crippen LogP contribution is 2.42. The zero-order valence-electron chi connectivity index (χ0n) is 17.8. The highest BCUT2D eigenvalue weighted by atomic mass is 32.1. The van der Waals surface area contributed by atoms with Gasteiger partial charge in [-0.3, -0.25) is 14.5 Å². The van der Waals surface area contributed by atoms with Gasteiger partial charge in [0.1, 0.15) is 0 Å². The number of ketones is 1. The molecule has 6 heteroatoms. The average molecular weight is 445 g/mol. The lowest BCUT2D eigenvalue weighted by Gasteiger charge is -2.28. The lowest BCUT2D eigenvalue weighted by molar-refractivity contribution is -0.117. The first-order chi connectivity index (χ1) is 15.5. The van der Waals surface area contributed by atoms with E-state index < -0.39 is 17.7 Å². The molecule has 2 aliphatic rings. The SMILES string of the molecule is Cc1cccc(C2C(C(=O)c3cccs3)=C(O)C(=O)N2c2ccc(N3CCCC3)cc2)c1. The Balaban J connectivity index is 1.58. The fraction of sp³-hybridized carbons (Fsp3) is 0.231. The molecule has 2 aromatic carbocycles. The van der Waals surface area contributed by atoms with Crippen LogP contribution < -0.4 is 9.80 Å². The van der Waals surface area contributed by atoms with Crippen molar-refractivity contribution in [3.8, 4) is 0 Å². The molecule has 5 nitrogen and oxygen atoms in total. The molecule has 32 heavy (non-hydrogen) atoms. The number of rotatable bonds is 5. The van der Waals surface area contributed by atoms with Gasteiger partial charge in [-0.25, -0.2) is 0 Å². The van der Waals surface area contributed by atoms with E-state index in [1.165, 1.54) is 24.2 Å². The van der Waals surface area contributed by atoms with Crippen LogP contribution in [0, 0.1) is 6.92 Å². The molecule has 1 unspecified atom stereocenters. The van der Waals surface area contributed by atoms with Crippen LogP contribution in [0.4, 0.5) is 11.4 Å². The summed E-state index contributed by atoms with van der Waals surface area (Å²) in [6, 6.07) is 18.4. The molecule has 0 aliphatic carbocycles. The highest BCUT2D eigenvalue weighted by Gasteiger charge is 2.44. The van der Waals surface area contributed by atoms with Gasteiger partial charge in [0.05, 0.1) is 16.5 Å². The molecule has 1 atom stereocenters. The van der Waals surface area contributed by atoms with Gasteiger partial charge in [-0.2, -0.15) is 0 Å². The van der Waals surface area contributed by atoms with Gasteiger partial charge in [0.25, 0.3) is 5.91 Å². The Morgan fingerprint density at radius 1 is 1.00 bits per heavy atom. The highest BCUT2D eigenvalue weighted by molar-refractivity contribution is 7.12. The van der Waals surface area contributed by atoms with Crippen molar-refractivity contribution in [2.45, 2.75) is 25.8 Å². The number of aryl methyl sites for hydroxylation is 1. The van der Waals surface area contributed by atoms with Crippen LogP contribution in [0.5, 0.6) is 0 Å². The Kier molecular flexibility index (Phi) is 5.31. The van der Waals surface area contributed by atoms with E-state index in [4.69, 9.17) is 0 Å². The normalized spacial score (nSPS) is 18.7. The molecule has 1 aromatic heterocycles. The molecule has 0 spiro atoms. The molecule has 0 radical (unpaired) electrons. The maximum atomic E-state index is 13.3. The second-order valence-electron chi connectivity index (χ2n) is 8.27. The van der Waals surface area contributed by atoms with E-state index in [0.29, 0.717) is 10.6 Å². The topological polar surface area (TPSA) is 60.9 Å². The summed E-state index contributed by atoms with van der Waals surface area (Å²) >= 11 is 1.30. The zero-order valence-corrected chi connectivity index (χ0v) is 18.6. The molecule has 3 heterocycles. The van der Waals surface area contributed by atoms with Gasteiger partial charge in [0, 0.05) is 24.5 Å². The number of amides is 1. The number of nitrogens with zero attached hydrogens (tertiary/aromatic N) is 2. The maximum Gasteiger partial charge on any atom is 0.294 e. The van der Waals surface area contributed by atoms with Crippen molar-refractivity contribution in [1.82, 2.24) is 0 Å². The van der Waals surface area contributed by atoms with Crippen LogP contribution in [-0.4, -0.2) is 29.9 Å². The van der Waals surface area contributed by atoms with Gasteiger partial charge in [-0.05, 0) is 61.0 Å². The van der Waals surface area contributed by atoms with Gasteiger partial charge in [-0.1, -0.05) is 35.9 Å². The van der Waals surface area contributed by atoms with Gasteiger partial charge < -0.3 is 10.0 Å². The summed E-state index contributed by atoms with van der Waals surface area (Å²) in [5.74, 6) is -1.34. The number of aliphatic hydroxyl groups excluding tert-OH is 1. The Hall–Kier alpha value is -3.38. The van der Waals surface area contributed by atoms with Crippen LogP contribution >= 0.6 is 11.3 Å². The summed E-state index contributed by atoms with van der Waals surface area (Å²) in [5.41, 5.74) is 3.73. The summed E-state index contributed by atoms with van der Waals surface area (Å²) in [5, 5.41) is 12.7. The first-order valence-electron chi connectivity index (χ1n) is 10.8. The van der Waals surface area contributed by atoms with Crippen molar-refractivity contribution in [2.24, 2.45) is 0 Å². The number of hydrogen-bond donors (Lipinski definition) is 1. The summed E-state index contributed by atoms with van der Waals surface area (Å²) in [4.78, 5) is 31.0. The van der Waals surface area contributed by atoms with Crippen LogP contribution in [-0.2, 0) is 4.79 Å². The molecular formula is C26H24N2O3S. The lowest BCUT2D eigenvalue weighted by Crippen LogP contribution is -2.31. The van der Waals surface area contributed by atoms with Crippen LogP contribution in [0.1, 0.15) is 39.7 Å². The third-order valence-electron chi connectivity index (χ3n) is 6.15. The second-order valence-corrected chi connectivity index (χ2v) is 9.22. The van der Waals surface area contributed by atoms with Gasteiger partial charge >= 0.3 is 0 Å². The Morgan fingerprint density at radius 2 is 1.72 bits per heavy atom. The van der Waals surface area contributed by atoms with Gasteiger partial charge in [-0.15, -0.1) is 11.3 Å². The van der Waals surface area contributed by atoms with Crippen LogP contribution in [0.3, 0.4) is 0 Å². The molecule has 5 rings (SSSR count). The fourth-order valence-electron chi connectivity index (χ4n) is 4.60. The molecule has 1 N–H and O–H groups in total. The van der Waals surface area contributed by atoms with Gasteiger partial charge in [0.2, 0.25) is 5.78 Å². The summed E-state index contributed by atoms with van der Waals surface area (Å²) in [6.07, 6.45) is 2.38. The minimum absolute atomic E-state index is 0.131. The Bertz CT molecular complexity index is 1190. The molecule has 0 saturated carbocycles. The van der Waals surface area contributed by atoms with Crippen molar-refractivity contribution in [1.29, 1.82) is 0 Å². The predicted octanol–water partition coefficient (Wildman–Crippen LogP) is 5.44. The molecule has 2 aliphatic heterocycles. The minimum atomic E-state index is -0.686. The third-order valence-corrected chi connectivity index (χ3v) is 7.02. The summed E-state index contributed by atoms with van der Waals surface area (Å²) in [7, 11) is 0. The number of carbonyl (C=O) groups is 2. The molecule has 1 saturated heterocycles. The molecule has 0 bridgehead atoms. The predicted molar refractivity (Wildman–Crippen MR) is 128 cm³/mol. The molecule has 1 fully saturated rings. The van der Waals surface area contributed by atoms with Crippen molar-refractivity contribution in [3.63, 3.8) is 0 Å². The van der Waals surface area contributed by atoms with E-state index in [-0.39, 0.29) is 11.4 Å². The van der Waals surface area contributed by atoms with Crippen LogP contribution in [0.2, 0.25) is 0 Å². The van der Waals surface area contributed by atoms with E-state index in [1.54, 1.807) is 17.0 Å². The minimum Gasteiger partial charge on any atom is -0.503 e. The van der Waals surface area contributed by atoms with Crippen LogP contribution in [0.25, 0.3) is 0 Å². The van der Waals surface area contributed by atoms with E-state index >= 15 is 0 Å². The van der Waals surface area contributed by atoms with Crippen molar-refractivity contribution in [3.05, 3.63) is 93.4 Å². The zero-order chi connectivity index (χ0) is 22.2. The first kappa shape index (κ1) is 20.5. The fourth-order valence-corrected chi connectivity index (χ4v) is 5.28. The van der Waals surface area contributed by atoms with Crippen molar-refractivity contribution >= 4 is 34.4 Å². The largest absolute Gasteiger partial charge is 0.503 e. The third kappa shape index (κ3) is 3.50. The lowest BCUT2D eigenvalue weighted by atomic mass is 9.94. The van der Waals surface area contributed by atoms with E-state index in [0.717, 1.165) is 29.9 Å². The Labute approximate surface area is 191 Å². The number of Topliss-reactive ketones (excluding diaryl/α,β-unsaturated/α-hetero) is 1. The van der Waals surface area contributed by atoms with E-state index in [1.807, 2.05) is 60.8 Å². The molecule has 3 aromatic rings. The maximum absolute atomic E-state index is 13.3. The summed E-state index contributed by atoms with van der Waals surface area (Å²) < 4.78 is 0. The number of hydrogen-bond acceptors (Lipinski definition) is 5. The van der Waals surface area contributed by atoms with E-state index in [9.17, 15) is 14.7 Å². The second kappa shape index (κ2) is 8.28.